The predicted octanol–water partition coefficient (Wildman–Crippen LogP) is 7.68. The third kappa shape index (κ3) is 5.60. The van der Waals surface area contributed by atoms with Crippen LogP contribution in [0.1, 0.15) is 32.5 Å². The summed E-state index contributed by atoms with van der Waals surface area (Å²) in [5.74, 6) is -0.610. The van der Waals surface area contributed by atoms with Crippen LogP contribution in [0.5, 0.6) is 0 Å². The van der Waals surface area contributed by atoms with E-state index in [-0.39, 0.29) is 11.8 Å². The fourth-order valence-electron chi connectivity index (χ4n) is 3.84. The highest BCUT2D eigenvalue weighted by Gasteiger charge is 2.16. The van der Waals surface area contributed by atoms with E-state index in [1.807, 2.05) is 48.5 Å². The number of pyridine rings is 1. The molecule has 0 atom stereocenters. The maximum atomic E-state index is 13.3. The number of nitrogens with one attached hydrogen (secondary N) is 2. The molecule has 6 nitrogen and oxygen atoms in total. The summed E-state index contributed by atoms with van der Waals surface area (Å²) in [4.78, 5) is 30.8. The lowest BCUT2D eigenvalue weighted by atomic mass is 10.0. The summed E-state index contributed by atoms with van der Waals surface area (Å²) in [5, 5.41) is 8.24. The Bertz CT molecular complexity index is 1680. The van der Waals surface area contributed by atoms with Crippen LogP contribution in [-0.4, -0.2) is 22.5 Å². The summed E-state index contributed by atoms with van der Waals surface area (Å²) in [5.41, 5.74) is 7.15. The van der Waals surface area contributed by atoms with Crippen molar-refractivity contribution < 1.29 is 9.59 Å². The van der Waals surface area contributed by atoms with Crippen LogP contribution in [0.4, 0.5) is 5.69 Å². The first-order chi connectivity index (χ1) is 18.4. The second kappa shape index (κ2) is 11.1. The second-order valence-corrected chi connectivity index (χ2v) is 10.5. The first-order valence-corrected chi connectivity index (χ1v) is 13.1. The van der Waals surface area contributed by atoms with Crippen LogP contribution >= 0.6 is 34.5 Å². The van der Waals surface area contributed by atoms with Gasteiger partial charge in [0.15, 0.2) is 0 Å². The number of carbonyl (C=O) groups is 2. The number of halogens is 2. The third-order valence-corrected chi connectivity index (χ3v) is 7.32. The van der Waals surface area contributed by atoms with E-state index in [2.05, 4.69) is 15.8 Å². The minimum absolute atomic E-state index is 0.230. The Kier molecular flexibility index (Phi) is 7.51. The van der Waals surface area contributed by atoms with Crippen LogP contribution in [0.3, 0.4) is 0 Å². The van der Waals surface area contributed by atoms with Gasteiger partial charge in [-0.15, -0.1) is 11.3 Å². The SMILES string of the molecule is C/C(=N/NC(=O)c1cc(-c2ccccc2)nc2c(Cl)cccc12)c1ccc(NC(=O)c2ccc(Cl)s2)cc1. The molecule has 0 fully saturated rings. The van der Waals surface area contributed by atoms with Crippen LogP contribution < -0.4 is 10.7 Å². The maximum Gasteiger partial charge on any atom is 0.272 e. The Morgan fingerprint density at radius 2 is 1.63 bits per heavy atom. The molecule has 2 aromatic heterocycles. The topological polar surface area (TPSA) is 83.4 Å². The molecule has 0 bridgehead atoms. The zero-order chi connectivity index (χ0) is 26.6. The van der Waals surface area contributed by atoms with Crippen LogP contribution in [0.25, 0.3) is 22.2 Å². The van der Waals surface area contributed by atoms with Crippen molar-refractivity contribution in [2.45, 2.75) is 6.92 Å². The monoisotopic (exact) mass is 558 g/mol. The zero-order valence-electron chi connectivity index (χ0n) is 20.0. The van der Waals surface area contributed by atoms with Gasteiger partial charge in [0.05, 0.1) is 36.7 Å². The number of anilines is 1. The number of thiophene rings is 1. The van der Waals surface area contributed by atoms with E-state index in [9.17, 15) is 9.59 Å². The van der Waals surface area contributed by atoms with Gasteiger partial charge in [-0.05, 0) is 48.9 Å². The minimum Gasteiger partial charge on any atom is -0.321 e. The molecule has 0 unspecified atom stereocenters. The van der Waals surface area contributed by atoms with Gasteiger partial charge in [0, 0.05) is 16.6 Å². The van der Waals surface area contributed by atoms with Crippen molar-refractivity contribution in [2.24, 2.45) is 5.10 Å². The molecule has 3 aromatic carbocycles. The number of nitrogens with zero attached hydrogens (tertiary/aromatic N) is 2. The smallest absolute Gasteiger partial charge is 0.272 e. The second-order valence-electron chi connectivity index (χ2n) is 8.33. The highest BCUT2D eigenvalue weighted by atomic mass is 35.5. The van der Waals surface area contributed by atoms with Crippen LogP contribution in [0.15, 0.2) is 96.1 Å². The summed E-state index contributed by atoms with van der Waals surface area (Å²) >= 11 is 13.6. The first-order valence-electron chi connectivity index (χ1n) is 11.6. The van der Waals surface area contributed by atoms with Gasteiger partial charge in [-0.1, -0.05) is 77.8 Å². The summed E-state index contributed by atoms with van der Waals surface area (Å²) in [6, 6.07) is 27.2. The molecule has 0 saturated carbocycles. The molecule has 188 valence electrons. The van der Waals surface area contributed by atoms with Crippen LogP contribution in [0, 0.1) is 0 Å². The molecule has 0 aliphatic carbocycles. The van der Waals surface area contributed by atoms with Crippen molar-refractivity contribution >= 4 is 68.7 Å². The van der Waals surface area contributed by atoms with Crippen molar-refractivity contribution in [3.05, 3.63) is 116 Å². The summed E-state index contributed by atoms with van der Waals surface area (Å²) in [7, 11) is 0. The van der Waals surface area contributed by atoms with Gasteiger partial charge in [-0.25, -0.2) is 10.4 Å². The van der Waals surface area contributed by atoms with E-state index in [0.717, 1.165) is 11.1 Å². The van der Waals surface area contributed by atoms with Gasteiger partial charge < -0.3 is 5.32 Å². The molecule has 2 heterocycles. The van der Waals surface area contributed by atoms with Crippen molar-refractivity contribution in [1.29, 1.82) is 0 Å². The normalized spacial score (nSPS) is 11.4. The van der Waals surface area contributed by atoms with E-state index < -0.39 is 0 Å². The highest BCUT2D eigenvalue weighted by molar-refractivity contribution is 7.18. The summed E-state index contributed by atoms with van der Waals surface area (Å²) in [6.07, 6.45) is 0. The van der Waals surface area contributed by atoms with Gasteiger partial charge >= 0.3 is 0 Å². The van der Waals surface area contributed by atoms with Crippen LogP contribution in [0.2, 0.25) is 9.36 Å². The van der Waals surface area contributed by atoms with E-state index in [0.29, 0.717) is 47.8 Å². The Hall–Kier alpha value is -4.04. The number of para-hydroxylation sites is 1. The number of amides is 2. The molecule has 0 saturated heterocycles. The Balaban J connectivity index is 1.35. The van der Waals surface area contributed by atoms with Crippen molar-refractivity contribution in [2.75, 3.05) is 5.32 Å². The Labute approximate surface area is 232 Å². The number of hydrogen-bond acceptors (Lipinski definition) is 5. The molecule has 0 spiro atoms. The van der Waals surface area contributed by atoms with E-state index in [1.165, 1.54) is 11.3 Å². The molecule has 5 rings (SSSR count). The molecular weight excluding hydrogens is 539 g/mol. The lowest BCUT2D eigenvalue weighted by molar-refractivity contribution is 0.0955. The third-order valence-electron chi connectivity index (χ3n) is 5.79. The van der Waals surface area contributed by atoms with Crippen molar-refractivity contribution in [1.82, 2.24) is 10.4 Å². The number of carbonyl (C=O) groups excluding carboxylic acids is 2. The lowest BCUT2D eigenvalue weighted by Gasteiger charge is -2.10. The standard InChI is InChI=1S/C29H20Cl2N4O2S/c1-17(18-10-12-20(13-11-18)32-29(37)25-14-15-26(31)38-25)34-35-28(36)22-16-24(19-6-3-2-4-7-19)33-27-21(22)8-5-9-23(27)30/h2-16H,1H3,(H,32,37)(H,35,36)/b34-17-. The van der Waals surface area contributed by atoms with Gasteiger partial charge in [0.1, 0.15) is 0 Å². The number of hydrazone groups is 1. The first kappa shape index (κ1) is 25.6. The van der Waals surface area contributed by atoms with E-state index >= 15 is 0 Å². The Morgan fingerprint density at radius 1 is 0.868 bits per heavy atom. The number of benzene rings is 3. The predicted molar refractivity (Wildman–Crippen MR) is 156 cm³/mol. The average molecular weight is 559 g/mol. The zero-order valence-corrected chi connectivity index (χ0v) is 22.4. The molecule has 0 aliphatic heterocycles. The van der Waals surface area contributed by atoms with Gasteiger partial charge in [0.2, 0.25) is 0 Å². The number of fused-ring (bicyclic) bond motifs is 1. The number of hydrogen-bond donors (Lipinski definition) is 2. The van der Waals surface area contributed by atoms with E-state index in [1.54, 1.807) is 49.4 Å². The number of aromatic nitrogens is 1. The number of rotatable bonds is 6. The van der Waals surface area contributed by atoms with E-state index in [4.69, 9.17) is 28.2 Å². The fourth-order valence-corrected chi connectivity index (χ4v) is 5.00. The van der Waals surface area contributed by atoms with Crippen molar-refractivity contribution in [3.8, 4) is 11.3 Å². The molecule has 2 N–H and O–H groups in total. The van der Waals surface area contributed by atoms with Crippen molar-refractivity contribution in [3.63, 3.8) is 0 Å². The maximum absolute atomic E-state index is 13.3. The summed E-state index contributed by atoms with van der Waals surface area (Å²) < 4.78 is 0.554. The highest BCUT2D eigenvalue weighted by Crippen LogP contribution is 2.29. The van der Waals surface area contributed by atoms with Gasteiger partial charge in [0.25, 0.3) is 11.8 Å². The molecule has 9 heteroatoms. The quantitative estimate of drug-likeness (QED) is 0.165. The van der Waals surface area contributed by atoms with Gasteiger partial charge in [-0.3, -0.25) is 9.59 Å². The van der Waals surface area contributed by atoms with Crippen LogP contribution in [-0.2, 0) is 0 Å². The average Bonchev–Trinajstić information content (AvgIpc) is 3.38. The molecule has 0 aliphatic rings. The lowest BCUT2D eigenvalue weighted by Crippen LogP contribution is -2.20. The fraction of sp³-hybridized carbons (Fsp3) is 0.0345. The molecular formula is C29H20Cl2N4O2S. The van der Waals surface area contributed by atoms with Gasteiger partial charge in [-0.2, -0.15) is 5.10 Å². The largest absolute Gasteiger partial charge is 0.321 e. The minimum atomic E-state index is -0.380. The molecule has 5 aromatic rings. The molecule has 2 amide bonds. The molecule has 38 heavy (non-hydrogen) atoms. The molecule has 0 radical (unpaired) electrons. The Morgan fingerprint density at radius 3 is 2.34 bits per heavy atom. The summed E-state index contributed by atoms with van der Waals surface area (Å²) in [6.45, 7) is 1.79.